The Bertz CT molecular complexity index is 1330. The third-order valence-electron chi connectivity index (χ3n) is 7.98. The predicted octanol–water partition coefficient (Wildman–Crippen LogP) is 3.99. The molecule has 38 heavy (non-hydrogen) atoms. The molecular weight excluding hydrogens is 478 g/mol. The Morgan fingerprint density at radius 1 is 1.18 bits per heavy atom. The number of benzene rings is 1. The van der Waals surface area contributed by atoms with Gasteiger partial charge in [-0.1, -0.05) is 24.3 Å². The molecule has 1 aromatic heterocycles. The number of ether oxygens (including phenoxy) is 1. The minimum absolute atomic E-state index is 0.00268. The van der Waals surface area contributed by atoms with Crippen LogP contribution in [0, 0.1) is 28.1 Å². The molecule has 8 nitrogen and oxygen atoms in total. The van der Waals surface area contributed by atoms with Crippen LogP contribution in [0.5, 0.6) is 0 Å². The van der Waals surface area contributed by atoms with E-state index in [-0.39, 0.29) is 24.2 Å². The molecule has 1 aliphatic heterocycles. The van der Waals surface area contributed by atoms with Crippen molar-refractivity contribution in [2.75, 3.05) is 38.3 Å². The lowest BCUT2D eigenvalue weighted by atomic mass is 9.93. The maximum Gasteiger partial charge on any atom is 0.225 e. The molecule has 3 aliphatic rings. The highest BCUT2D eigenvalue weighted by molar-refractivity contribution is 5.92. The molecule has 1 aromatic carbocycles. The first-order valence-electron chi connectivity index (χ1n) is 13.4. The molecular formula is C30H33N5O3. The van der Waals surface area contributed by atoms with Crippen LogP contribution in [0.15, 0.2) is 30.3 Å². The number of nitriles is 2. The summed E-state index contributed by atoms with van der Waals surface area (Å²) in [6.07, 6.45) is 4.03. The van der Waals surface area contributed by atoms with Crippen LogP contribution in [-0.4, -0.2) is 61.0 Å². The number of pyridine rings is 1. The zero-order chi connectivity index (χ0) is 26.9. The van der Waals surface area contributed by atoms with Gasteiger partial charge in [0.15, 0.2) is 5.78 Å². The molecule has 8 heteroatoms. The maximum absolute atomic E-state index is 12.7. The number of methoxy groups -OCH3 is 1. The molecule has 1 amide bonds. The number of aromatic nitrogens is 1. The molecule has 1 atom stereocenters. The monoisotopic (exact) mass is 511 g/mol. The first kappa shape index (κ1) is 25.9. The van der Waals surface area contributed by atoms with Crippen molar-refractivity contribution in [3.63, 3.8) is 0 Å². The predicted molar refractivity (Wildman–Crippen MR) is 142 cm³/mol. The van der Waals surface area contributed by atoms with E-state index in [0.717, 1.165) is 35.2 Å². The number of Topliss-reactive ketones (excluding diaryl/α,β-unsaturated/α-hetero) is 1. The summed E-state index contributed by atoms with van der Waals surface area (Å²) in [4.78, 5) is 34.4. The Hall–Kier alpha value is -3.75. The zero-order valence-corrected chi connectivity index (χ0v) is 22.1. The van der Waals surface area contributed by atoms with Crippen LogP contribution in [0.4, 0.5) is 5.82 Å². The molecule has 0 bridgehead atoms. The minimum Gasteiger partial charge on any atom is -0.384 e. The second-order valence-corrected chi connectivity index (χ2v) is 10.8. The second-order valence-electron chi connectivity index (χ2n) is 10.8. The highest BCUT2D eigenvalue weighted by Crippen LogP contribution is 2.47. The standard InChI is InChI=1S/C30H33N5O3/c1-20-18-34(11-12-35(20)27(37)8-13-38-2)29-24(17-31)16-25(28(33-29)22-6-7-22)23-5-3-4-21(14-23)15-26(36)30(19-32)9-10-30/h3-5,14,16,20,22H,6-13,15,18H2,1-2H3/t20-/m1/s1. The van der Waals surface area contributed by atoms with Gasteiger partial charge in [0.2, 0.25) is 5.91 Å². The van der Waals surface area contributed by atoms with Gasteiger partial charge in [-0.25, -0.2) is 4.98 Å². The van der Waals surface area contributed by atoms with Gasteiger partial charge >= 0.3 is 0 Å². The van der Waals surface area contributed by atoms with Gasteiger partial charge in [-0.15, -0.1) is 0 Å². The summed E-state index contributed by atoms with van der Waals surface area (Å²) in [6, 6.07) is 14.4. The van der Waals surface area contributed by atoms with E-state index in [9.17, 15) is 20.1 Å². The molecule has 0 N–H and O–H groups in total. The normalized spacial score (nSPS) is 19.9. The minimum atomic E-state index is -0.790. The average molecular weight is 512 g/mol. The van der Waals surface area contributed by atoms with E-state index in [1.54, 1.807) is 7.11 Å². The SMILES string of the molecule is COCCC(=O)N1CCN(c2nc(C3CC3)c(-c3cccc(CC(=O)C4(C#N)CC4)c3)cc2C#N)C[C@H]1C. The van der Waals surface area contributed by atoms with Crippen LogP contribution in [0.1, 0.15) is 61.8 Å². The molecule has 2 saturated carbocycles. The van der Waals surface area contributed by atoms with Crippen molar-refractivity contribution >= 4 is 17.5 Å². The van der Waals surface area contributed by atoms with E-state index in [2.05, 4.69) is 17.0 Å². The highest BCUT2D eigenvalue weighted by atomic mass is 16.5. The van der Waals surface area contributed by atoms with Crippen LogP contribution in [0.3, 0.4) is 0 Å². The highest BCUT2D eigenvalue weighted by Gasteiger charge is 2.49. The van der Waals surface area contributed by atoms with Crippen molar-refractivity contribution in [3.8, 4) is 23.3 Å². The number of rotatable bonds is 9. The van der Waals surface area contributed by atoms with E-state index in [1.807, 2.05) is 42.2 Å². The van der Waals surface area contributed by atoms with Crippen molar-refractivity contribution in [1.29, 1.82) is 10.5 Å². The van der Waals surface area contributed by atoms with Gasteiger partial charge in [-0.05, 0) is 49.8 Å². The van der Waals surface area contributed by atoms with Gasteiger partial charge in [0.25, 0.3) is 0 Å². The van der Waals surface area contributed by atoms with Crippen LogP contribution in [0.25, 0.3) is 11.1 Å². The lowest BCUT2D eigenvalue weighted by Crippen LogP contribution is -2.54. The van der Waals surface area contributed by atoms with Crippen molar-refractivity contribution in [1.82, 2.24) is 9.88 Å². The summed E-state index contributed by atoms with van der Waals surface area (Å²) in [5.74, 6) is 1.11. The second kappa shape index (κ2) is 10.6. The van der Waals surface area contributed by atoms with E-state index >= 15 is 0 Å². The summed E-state index contributed by atoms with van der Waals surface area (Å²) >= 11 is 0. The van der Waals surface area contributed by atoms with E-state index in [0.29, 0.717) is 62.8 Å². The van der Waals surface area contributed by atoms with Gasteiger partial charge in [0, 0.05) is 50.7 Å². The number of ketones is 1. The van der Waals surface area contributed by atoms with Gasteiger partial charge < -0.3 is 14.5 Å². The number of hydrogen-bond acceptors (Lipinski definition) is 7. The molecule has 2 heterocycles. The van der Waals surface area contributed by atoms with Crippen LogP contribution in [0.2, 0.25) is 0 Å². The fourth-order valence-electron chi connectivity index (χ4n) is 5.37. The Morgan fingerprint density at radius 2 is 1.97 bits per heavy atom. The maximum atomic E-state index is 12.7. The molecule has 0 spiro atoms. The smallest absolute Gasteiger partial charge is 0.225 e. The van der Waals surface area contributed by atoms with E-state index < -0.39 is 5.41 Å². The lowest BCUT2D eigenvalue weighted by Gasteiger charge is -2.41. The molecule has 1 saturated heterocycles. The van der Waals surface area contributed by atoms with Gasteiger partial charge in [-0.2, -0.15) is 10.5 Å². The molecule has 3 fully saturated rings. The van der Waals surface area contributed by atoms with Crippen LogP contribution < -0.4 is 4.90 Å². The number of carbonyl (C=O) groups is 2. The fourth-order valence-corrected chi connectivity index (χ4v) is 5.37. The Balaban J connectivity index is 1.41. The average Bonchev–Trinajstić information content (AvgIpc) is 3.85. The summed E-state index contributed by atoms with van der Waals surface area (Å²) in [6.45, 7) is 4.25. The quantitative estimate of drug-likeness (QED) is 0.501. The van der Waals surface area contributed by atoms with Crippen molar-refractivity contribution in [2.45, 2.75) is 57.4 Å². The topological polar surface area (TPSA) is 110 Å². The van der Waals surface area contributed by atoms with Crippen molar-refractivity contribution < 1.29 is 14.3 Å². The molecule has 196 valence electrons. The Kier molecular flexibility index (Phi) is 7.19. The zero-order valence-electron chi connectivity index (χ0n) is 22.1. The summed E-state index contributed by atoms with van der Waals surface area (Å²) in [5, 5.41) is 19.5. The summed E-state index contributed by atoms with van der Waals surface area (Å²) in [5.41, 5.74) is 3.47. The number of anilines is 1. The fraction of sp³-hybridized carbons (Fsp3) is 0.500. The number of hydrogen-bond donors (Lipinski definition) is 0. The summed E-state index contributed by atoms with van der Waals surface area (Å²) < 4.78 is 5.06. The molecule has 5 rings (SSSR count). The van der Waals surface area contributed by atoms with Gasteiger partial charge in [0.1, 0.15) is 17.3 Å². The number of carbonyl (C=O) groups excluding carboxylic acids is 2. The Labute approximate surface area is 223 Å². The van der Waals surface area contributed by atoms with Gasteiger partial charge in [-0.3, -0.25) is 9.59 Å². The third kappa shape index (κ3) is 5.14. The molecule has 2 aromatic rings. The van der Waals surface area contributed by atoms with Crippen LogP contribution in [-0.2, 0) is 20.7 Å². The van der Waals surface area contributed by atoms with Crippen LogP contribution >= 0.6 is 0 Å². The van der Waals surface area contributed by atoms with Crippen molar-refractivity contribution in [3.05, 3.63) is 47.2 Å². The molecule has 0 unspecified atom stereocenters. The largest absolute Gasteiger partial charge is 0.384 e. The third-order valence-corrected chi connectivity index (χ3v) is 7.98. The number of piperazine rings is 1. The van der Waals surface area contributed by atoms with E-state index in [4.69, 9.17) is 9.72 Å². The van der Waals surface area contributed by atoms with Crippen molar-refractivity contribution in [2.24, 2.45) is 5.41 Å². The van der Waals surface area contributed by atoms with Gasteiger partial charge in [0.05, 0.1) is 30.4 Å². The summed E-state index contributed by atoms with van der Waals surface area (Å²) in [7, 11) is 1.60. The first-order valence-corrected chi connectivity index (χ1v) is 13.4. The number of amides is 1. The first-order chi connectivity index (χ1) is 18.4. The Morgan fingerprint density at radius 3 is 2.61 bits per heavy atom. The van der Waals surface area contributed by atoms with E-state index in [1.165, 1.54) is 0 Å². The lowest BCUT2D eigenvalue weighted by molar-refractivity contribution is -0.134. The molecule has 2 aliphatic carbocycles. The number of nitrogens with zero attached hydrogens (tertiary/aromatic N) is 5. The molecule has 0 radical (unpaired) electrons.